The Morgan fingerprint density at radius 1 is 0.727 bits per heavy atom. The predicted octanol–water partition coefficient (Wildman–Crippen LogP) is 3.32. The molecule has 0 heterocycles. The number of fused-ring (bicyclic) bond motifs is 1. The van der Waals surface area contributed by atoms with E-state index in [2.05, 4.69) is 20.8 Å². The molecule has 4 unspecified atom stereocenters. The summed E-state index contributed by atoms with van der Waals surface area (Å²) in [6.45, 7) is 7.34. The third-order valence-electron chi connectivity index (χ3n) is 4.10. The molecule has 2 aliphatic carbocycles. The van der Waals surface area contributed by atoms with Crippen LogP contribution >= 0.6 is 0 Å². The van der Waals surface area contributed by atoms with Crippen LogP contribution in [0.1, 0.15) is 40.0 Å². The van der Waals surface area contributed by atoms with Gasteiger partial charge in [-0.2, -0.15) is 0 Å². The van der Waals surface area contributed by atoms with Crippen LogP contribution in [-0.4, -0.2) is 0 Å². The van der Waals surface area contributed by atoms with Gasteiger partial charge in [0.15, 0.2) is 0 Å². The average molecular weight is 152 g/mol. The van der Waals surface area contributed by atoms with E-state index in [1.54, 1.807) is 0 Å². The predicted molar refractivity (Wildman–Crippen MR) is 48.3 cm³/mol. The second kappa shape index (κ2) is 2.50. The Bertz CT molecular complexity index is 134. The van der Waals surface area contributed by atoms with Crippen molar-refractivity contribution in [2.24, 2.45) is 29.6 Å². The van der Waals surface area contributed by atoms with Crippen molar-refractivity contribution in [2.75, 3.05) is 0 Å². The summed E-state index contributed by atoms with van der Waals surface area (Å²) >= 11 is 0. The molecule has 0 nitrogen and oxygen atoms in total. The summed E-state index contributed by atoms with van der Waals surface area (Å²) in [4.78, 5) is 0. The van der Waals surface area contributed by atoms with E-state index in [0.29, 0.717) is 0 Å². The quantitative estimate of drug-likeness (QED) is 0.499. The van der Waals surface area contributed by atoms with Gasteiger partial charge in [-0.3, -0.25) is 0 Å². The van der Waals surface area contributed by atoms with E-state index in [1.165, 1.54) is 19.3 Å². The second-order valence-electron chi connectivity index (χ2n) is 5.09. The molecule has 2 fully saturated rings. The van der Waals surface area contributed by atoms with Gasteiger partial charge in [-0.1, -0.05) is 20.8 Å². The van der Waals surface area contributed by atoms with Gasteiger partial charge in [0, 0.05) is 0 Å². The average Bonchev–Trinajstić information content (AvgIpc) is 2.38. The van der Waals surface area contributed by atoms with Crippen LogP contribution in [0.4, 0.5) is 0 Å². The van der Waals surface area contributed by atoms with Crippen molar-refractivity contribution >= 4 is 0 Å². The standard InChI is InChI=1S/C11H20/c1-7-4-10-8(2)6-9(3)11(10)5-7/h7-11H,4-6H2,1-3H3. The van der Waals surface area contributed by atoms with Crippen LogP contribution in [0.3, 0.4) is 0 Å². The molecule has 0 spiro atoms. The molecule has 0 aromatic rings. The van der Waals surface area contributed by atoms with E-state index < -0.39 is 0 Å². The van der Waals surface area contributed by atoms with Crippen LogP contribution in [0.5, 0.6) is 0 Å². The smallest absolute Gasteiger partial charge is 0.0355 e. The van der Waals surface area contributed by atoms with Gasteiger partial charge in [0.05, 0.1) is 0 Å². The van der Waals surface area contributed by atoms with Gasteiger partial charge in [0.25, 0.3) is 0 Å². The zero-order chi connectivity index (χ0) is 8.01. The summed E-state index contributed by atoms with van der Waals surface area (Å²) in [5.41, 5.74) is 0. The molecule has 0 aromatic carbocycles. The summed E-state index contributed by atoms with van der Waals surface area (Å²) in [6.07, 6.45) is 4.55. The highest BCUT2D eigenvalue weighted by Gasteiger charge is 2.43. The SMILES string of the molecule is CC1CC2C(C)CC(C)C2C1. The Balaban J connectivity index is 2.10. The van der Waals surface area contributed by atoms with E-state index in [4.69, 9.17) is 0 Å². The van der Waals surface area contributed by atoms with Gasteiger partial charge < -0.3 is 0 Å². The summed E-state index contributed by atoms with van der Waals surface area (Å²) < 4.78 is 0. The Kier molecular flexibility index (Phi) is 1.74. The fourth-order valence-corrected chi connectivity index (χ4v) is 3.62. The fraction of sp³-hybridized carbons (Fsp3) is 1.00. The first-order valence-electron chi connectivity index (χ1n) is 5.18. The molecule has 0 N–H and O–H groups in total. The minimum atomic E-state index is 1.02. The number of hydrogen-bond acceptors (Lipinski definition) is 0. The highest BCUT2D eigenvalue weighted by atomic mass is 14.5. The largest absolute Gasteiger partial charge is 0.0625 e. The van der Waals surface area contributed by atoms with E-state index in [9.17, 15) is 0 Å². The molecule has 4 atom stereocenters. The second-order valence-corrected chi connectivity index (χ2v) is 5.09. The highest BCUT2D eigenvalue weighted by Crippen LogP contribution is 2.52. The molecule has 0 heteroatoms. The number of rotatable bonds is 0. The van der Waals surface area contributed by atoms with E-state index in [1.807, 2.05) is 0 Å². The summed E-state index contributed by atoms with van der Waals surface area (Å²) in [6, 6.07) is 0. The van der Waals surface area contributed by atoms with Crippen LogP contribution in [0.25, 0.3) is 0 Å². The molecular formula is C11H20. The Hall–Kier alpha value is 0. The first-order valence-corrected chi connectivity index (χ1v) is 5.18. The van der Waals surface area contributed by atoms with E-state index >= 15 is 0 Å². The molecule has 0 saturated heterocycles. The van der Waals surface area contributed by atoms with Crippen molar-refractivity contribution in [3.63, 3.8) is 0 Å². The molecular weight excluding hydrogens is 132 g/mol. The van der Waals surface area contributed by atoms with Crippen molar-refractivity contribution < 1.29 is 0 Å². The lowest BCUT2D eigenvalue weighted by atomic mass is 9.92. The minimum Gasteiger partial charge on any atom is -0.0625 e. The van der Waals surface area contributed by atoms with Crippen LogP contribution in [0.15, 0.2) is 0 Å². The molecule has 0 radical (unpaired) electrons. The lowest BCUT2D eigenvalue weighted by molar-refractivity contribution is 0.352. The van der Waals surface area contributed by atoms with Gasteiger partial charge >= 0.3 is 0 Å². The Morgan fingerprint density at radius 2 is 1.18 bits per heavy atom. The Morgan fingerprint density at radius 3 is 1.64 bits per heavy atom. The molecule has 0 bridgehead atoms. The fourth-order valence-electron chi connectivity index (χ4n) is 3.62. The zero-order valence-electron chi connectivity index (χ0n) is 8.01. The van der Waals surface area contributed by atoms with Crippen molar-refractivity contribution in [2.45, 2.75) is 40.0 Å². The van der Waals surface area contributed by atoms with Gasteiger partial charge in [0.1, 0.15) is 0 Å². The van der Waals surface area contributed by atoms with E-state index in [-0.39, 0.29) is 0 Å². The third kappa shape index (κ3) is 1.11. The van der Waals surface area contributed by atoms with Crippen molar-refractivity contribution in [1.82, 2.24) is 0 Å². The zero-order valence-corrected chi connectivity index (χ0v) is 8.01. The molecule has 11 heavy (non-hydrogen) atoms. The molecule has 0 amide bonds. The molecule has 0 aromatic heterocycles. The third-order valence-corrected chi connectivity index (χ3v) is 4.10. The van der Waals surface area contributed by atoms with Crippen LogP contribution in [0, 0.1) is 29.6 Å². The van der Waals surface area contributed by atoms with Crippen molar-refractivity contribution in [3.8, 4) is 0 Å². The first-order chi connectivity index (χ1) is 5.18. The summed E-state index contributed by atoms with van der Waals surface area (Å²) in [5, 5.41) is 0. The molecule has 2 saturated carbocycles. The highest BCUT2D eigenvalue weighted by molar-refractivity contribution is 4.93. The molecule has 2 rings (SSSR count). The maximum absolute atomic E-state index is 2.46. The minimum absolute atomic E-state index is 1.02. The van der Waals surface area contributed by atoms with Crippen LogP contribution in [0.2, 0.25) is 0 Å². The maximum atomic E-state index is 2.46. The number of hydrogen-bond donors (Lipinski definition) is 0. The lowest BCUT2D eigenvalue weighted by Gasteiger charge is -2.13. The van der Waals surface area contributed by atoms with Crippen LogP contribution in [-0.2, 0) is 0 Å². The molecule has 0 aliphatic heterocycles. The molecule has 64 valence electrons. The van der Waals surface area contributed by atoms with Gasteiger partial charge in [-0.05, 0) is 48.9 Å². The van der Waals surface area contributed by atoms with Crippen molar-refractivity contribution in [1.29, 1.82) is 0 Å². The lowest BCUT2D eigenvalue weighted by Crippen LogP contribution is -2.07. The van der Waals surface area contributed by atoms with E-state index in [0.717, 1.165) is 29.6 Å². The Labute approximate surface area is 70.4 Å². The maximum Gasteiger partial charge on any atom is -0.0355 e. The van der Waals surface area contributed by atoms with Gasteiger partial charge in [-0.15, -0.1) is 0 Å². The monoisotopic (exact) mass is 152 g/mol. The van der Waals surface area contributed by atoms with Crippen molar-refractivity contribution in [3.05, 3.63) is 0 Å². The first kappa shape index (κ1) is 7.64. The summed E-state index contributed by atoms with van der Waals surface area (Å²) in [7, 11) is 0. The molecule has 2 aliphatic rings. The van der Waals surface area contributed by atoms with Crippen LogP contribution < -0.4 is 0 Å². The topological polar surface area (TPSA) is 0 Å². The summed E-state index contributed by atoms with van der Waals surface area (Å²) in [5.74, 6) is 5.27. The van der Waals surface area contributed by atoms with Gasteiger partial charge in [0.2, 0.25) is 0 Å². The normalized spacial score (nSPS) is 56.5. The van der Waals surface area contributed by atoms with Gasteiger partial charge in [-0.25, -0.2) is 0 Å².